The Bertz CT molecular complexity index is 1090. The Morgan fingerprint density at radius 1 is 1.16 bits per heavy atom. The number of halogens is 1. The van der Waals surface area contributed by atoms with Gasteiger partial charge in [-0.15, -0.1) is 0 Å². The Balaban J connectivity index is 1.19. The van der Waals surface area contributed by atoms with E-state index in [1.807, 2.05) is 0 Å². The van der Waals surface area contributed by atoms with E-state index in [2.05, 4.69) is 30.5 Å². The lowest BCUT2D eigenvalue weighted by Crippen LogP contribution is -2.38. The first-order chi connectivity index (χ1) is 15.0. The molecule has 0 atom stereocenters. The average Bonchev–Trinajstić information content (AvgIpc) is 3.52. The second kappa shape index (κ2) is 8.22. The van der Waals surface area contributed by atoms with Crippen molar-refractivity contribution in [3.8, 4) is 0 Å². The monoisotopic (exact) mass is 423 g/mol. The smallest absolute Gasteiger partial charge is 0.275 e. The summed E-state index contributed by atoms with van der Waals surface area (Å²) in [5.41, 5.74) is 1.45. The van der Waals surface area contributed by atoms with E-state index in [9.17, 15) is 9.18 Å². The quantitative estimate of drug-likeness (QED) is 0.634. The van der Waals surface area contributed by atoms with Crippen LogP contribution in [0.25, 0.3) is 5.65 Å². The fourth-order valence-electron chi connectivity index (χ4n) is 4.03. The van der Waals surface area contributed by atoms with Gasteiger partial charge in [-0.3, -0.25) is 4.79 Å². The third kappa shape index (κ3) is 4.51. The number of nitrogens with one attached hydrogen (secondary N) is 2. The molecule has 0 bridgehead atoms. The van der Waals surface area contributed by atoms with Gasteiger partial charge in [-0.25, -0.2) is 19.3 Å². The van der Waals surface area contributed by atoms with Crippen LogP contribution >= 0.6 is 0 Å². The second-order valence-electron chi connectivity index (χ2n) is 8.52. The number of hydrogen-bond acceptors (Lipinski definition) is 6. The van der Waals surface area contributed by atoms with Gasteiger partial charge in [0.15, 0.2) is 11.5 Å². The van der Waals surface area contributed by atoms with Gasteiger partial charge in [-0.1, -0.05) is 0 Å². The first kappa shape index (κ1) is 19.9. The van der Waals surface area contributed by atoms with Crippen molar-refractivity contribution in [1.82, 2.24) is 24.7 Å². The number of fused-ring (bicyclic) bond motifs is 1. The van der Waals surface area contributed by atoms with Crippen LogP contribution in [0.3, 0.4) is 0 Å². The van der Waals surface area contributed by atoms with Gasteiger partial charge in [-0.05, 0) is 45.1 Å². The first-order valence-electron chi connectivity index (χ1n) is 10.8. The number of aromatic nitrogens is 4. The molecule has 0 radical (unpaired) electrons. The molecule has 3 aromatic heterocycles. The van der Waals surface area contributed by atoms with Crippen LogP contribution in [0.2, 0.25) is 0 Å². The number of carbonyl (C=O) groups is 1. The Labute approximate surface area is 179 Å². The van der Waals surface area contributed by atoms with Gasteiger partial charge < -0.3 is 19.9 Å². The molecule has 31 heavy (non-hydrogen) atoms. The summed E-state index contributed by atoms with van der Waals surface area (Å²) >= 11 is 0. The average molecular weight is 423 g/mol. The van der Waals surface area contributed by atoms with Gasteiger partial charge in [0.2, 0.25) is 0 Å². The number of rotatable bonds is 6. The molecule has 2 N–H and O–H groups in total. The van der Waals surface area contributed by atoms with Gasteiger partial charge in [0.25, 0.3) is 5.91 Å². The van der Waals surface area contributed by atoms with Crippen molar-refractivity contribution in [2.45, 2.75) is 38.6 Å². The zero-order valence-corrected chi connectivity index (χ0v) is 17.5. The van der Waals surface area contributed by atoms with Crippen molar-refractivity contribution in [1.29, 1.82) is 0 Å². The minimum atomic E-state index is -0.497. The number of pyridine rings is 1. The van der Waals surface area contributed by atoms with Gasteiger partial charge in [0.1, 0.15) is 11.5 Å². The van der Waals surface area contributed by atoms with Crippen molar-refractivity contribution in [2.75, 3.05) is 29.9 Å². The fourth-order valence-corrected chi connectivity index (χ4v) is 4.03. The third-order valence-electron chi connectivity index (χ3n) is 5.97. The second-order valence-corrected chi connectivity index (χ2v) is 8.52. The number of nitrogens with zero attached hydrogens (tertiary/aromatic N) is 5. The summed E-state index contributed by atoms with van der Waals surface area (Å²) < 4.78 is 15.8. The number of anilines is 2. The lowest BCUT2D eigenvalue weighted by Gasteiger charge is -2.32. The Morgan fingerprint density at radius 2 is 1.97 bits per heavy atom. The predicted molar refractivity (Wildman–Crippen MR) is 116 cm³/mol. The molecule has 162 valence electrons. The highest BCUT2D eigenvalue weighted by Gasteiger charge is 2.25. The molecule has 2 aliphatic rings. The normalized spacial score (nSPS) is 17.3. The third-order valence-corrected chi connectivity index (χ3v) is 5.97. The summed E-state index contributed by atoms with van der Waals surface area (Å²) in [6.45, 7) is 4.78. The summed E-state index contributed by atoms with van der Waals surface area (Å²) in [7, 11) is 0. The van der Waals surface area contributed by atoms with Crippen LogP contribution in [-0.4, -0.2) is 50.9 Å². The van der Waals surface area contributed by atoms with E-state index in [1.165, 1.54) is 25.1 Å². The molecule has 1 saturated carbocycles. The molecule has 2 fully saturated rings. The minimum absolute atomic E-state index is 0.189. The molecule has 4 heterocycles. The van der Waals surface area contributed by atoms with Crippen LogP contribution in [0.1, 0.15) is 41.9 Å². The number of hydrogen-bond donors (Lipinski definition) is 2. The highest BCUT2D eigenvalue weighted by molar-refractivity contribution is 6.02. The summed E-state index contributed by atoms with van der Waals surface area (Å²) in [4.78, 5) is 27.6. The van der Waals surface area contributed by atoms with Gasteiger partial charge in [-0.2, -0.15) is 0 Å². The Kier molecular flexibility index (Phi) is 5.27. The van der Waals surface area contributed by atoms with Gasteiger partial charge >= 0.3 is 0 Å². The Hall–Kier alpha value is -3.07. The lowest BCUT2D eigenvalue weighted by molar-refractivity contribution is 0.102. The van der Waals surface area contributed by atoms with E-state index < -0.39 is 11.7 Å². The van der Waals surface area contributed by atoms with Crippen molar-refractivity contribution in [2.24, 2.45) is 5.92 Å². The SMILES string of the molecule is Cc1cn2cc(NC(=O)c3cnc(N4CCC(CNC5CC5)CC4)cn3)cc(F)c2n1. The molecule has 0 spiro atoms. The molecule has 1 saturated heterocycles. The maximum atomic E-state index is 14.2. The molecule has 1 aliphatic carbocycles. The fraction of sp³-hybridized carbons (Fsp3) is 0.455. The van der Waals surface area contributed by atoms with E-state index >= 15 is 0 Å². The zero-order chi connectivity index (χ0) is 21.4. The highest BCUT2D eigenvalue weighted by atomic mass is 19.1. The van der Waals surface area contributed by atoms with Crippen LogP contribution < -0.4 is 15.5 Å². The highest BCUT2D eigenvalue weighted by Crippen LogP contribution is 2.24. The van der Waals surface area contributed by atoms with Crippen molar-refractivity contribution >= 4 is 23.1 Å². The van der Waals surface area contributed by atoms with E-state index in [0.717, 1.165) is 44.3 Å². The first-order valence-corrected chi connectivity index (χ1v) is 10.8. The van der Waals surface area contributed by atoms with E-state index in [1.54, 1.807) is 29.9 Å². The van der Waals surface area contributed by atoms with Crippen LogP contribution in [0.4, 0.5) is 15.9 Å². The molecule has 9 heteroatoms. The van der Waals surface area contributed by atoms with Crippen molar-refractivity contribution in [3.05, 3.63) is 48.1 Å². The number of amides is 1. The molecule has 8 nitrogen and oxygen atoms in total. The lowest BCUT2D eigenvalue weighted by atomic mass is 9.97. The van der Waals surface area contributed by atoms with Crippen LogP contribution in [0.5, 0.6) is 0 Å². The minimum Gasteiger partial charge on any atom is -0.355 e. The molecular formula is C22H26FN7O. The van der Waals surface area contributed by atoms with Crippen LogP contribution in [0.15, 0.2) is 30.9 Å². The van der Waals surface area contributed by atoms with Crippen LogP contribution in [-0.2, 0) is 0 Å². The molecular weight excluding hydrogens is 397 g/mol. The molecule has 5 rings (SSSR count). The number of imidazole rings is 1. The van der Waals surface area contributed by atoms with E-state index in [0.29, 0.717) is 17.3 Å². The molecule has 0 unspecified atom stereocenters. The predicted octanol–water partition coefficient (Wildman–Crippen LogP) is 2.79. The molecule has 3 aromatic rings. The van der Waals surface area contributed by atoms with Gasteiger partial charge in [0.05, 0.1) is 23.8 Å². The summed E-state index contributed by atoms with van der Waals surface area (Å²) in [6, 6.07) is 2.01. The maximum absolute atomic E-state index is 14.2. The van der Waals surface area contributed by atoms with E-state index in [4.69, 9.17) is 0 Å². The summed E-state index contributed by atoms with van der Waals surface area (Å²) in [6.07, 6.45) is 11.3. The van der Waals surface area contributed by atoms with Gasteiger partial charge in [0, 0.05) is 37.6 Å². The van der Waals surface area contributed by atoms with Crippen molar-refractivity contribution in [3.63, 3.8) is 0 Å². The molecule has 0 aromatic carbocycles. The zero-order valence-electron chi connectivity index (χ0n) is 17.5. The number of aryl methyl sites for hydroxylation is 1. The largest absolute Gasteiger partial charge is 0.355 e. The topological polar surface area (TPSA) is 87.5 Å². The van der Waals surface area contributed by atoms with Crippen LogP contribution in [0, 0.1) is 18.7 Å². The number of carbonyl (C=O) groups excluding carboxylic acids is 1. The van der Waals surface area contributed by atoms with E-state index in [-0.39, 0.29) is 11.3 Å². The maximum Gasteiger partial charge on any atom is 0.275 e. The Morgan fingerprint density at radius 3 is 2.68 bits per heavy atom. The summed E-state index contributed by atoms with van der Waals surface area (Å²) in [5, 5.41) is 6.30. The summed E-state index contributed by atoms with van der Waals surface area (Å²) in [5.74, 6) is 0.570. The molecule has 1 amide bonds. The molecule has 1 aliphatic heterocycles. The standard InChI is InChI=1S/C22H26FN7O/c1-14-12-30-13-17(8-18(23)21(30)27-14)28-22(31)19-10-26-20(11-25-19)29-6-4-15(5-7-29)9-24-16-2-3-16/h8,10-13,15-16,24H,2-7,9H2,1H3,(H,28,31). The number of piperidine rings is 1. The van der Waals surface area contributed by atoms with Crippen molar-refractivity contribution < 1.29 is 9.18 Å².